The number of benzene rings is 3. The molecule has 4 nitrogen and oxygen atoms in total. The fourth-order valence-electron chi connectivity index (χ4n) is 4.66. The maximum atomic E-state index is 12.8. The van der Waals surface area contributed by atoms with Crippen molar-refractivity contribution < 1.29 is 14.4 Å². The minimum absolute atomic E-state index is 0.176. The highest BCUT2D eigenvalue weighted by Gasteiger charge is 2.28. The van der Waals surface area contributed by atoms with Gasteiger partial charge in [0.2, 0.25) is 0 Å². The van der Waals surface area contributed by atoms with Gasteiger partial charge in [-0.05, 0) is 52.4 Å². The van der Waals surface area contributed by atoms with Crippen molar-refractivity contribution in [2.75, 3.05) is 14.1 Å². The molecule has 3 aromatic carbocycles. The van der Waals surface area contributed by atoms with E-state index < -0.39 is 0 Å². The Balaban J connectivity index is 1.43. The Bertz CT molecular complexity index is 1020. The first-order valence-corrected chi connectivity index (χ1v) is 11.7. The number of nitrogens with zero attached hydrogens (tertiary/aromatic N) is 1. The topological polar surface area (TPSA) is 38.8 Å². The van der Waals surface area contributed by atoms with E-state index in [0.29, 0.717) is 12.5 Å². The highest BCUT2D eigenvalue weighted by Crippen LogP contribution is 2.34. The molecule has 0 bridgehead atoms. The van der Waals surface area contributed by atoms with Crippen LogP contribution in [0.2, 0.25) is 0 Å². The molecule has 0 spiro atoms. The lowest BCUT2D eigenvalue weighted by atomic mass is 9.80. The highest BCUT2D eigenvalue weighted by atomic mass is 16.7. The zero-order valence-corrected chi connectivity index (χ0v) is 19.1. The number of hydrogen-bond acceptors (Lipinski definition) is 4. The van der Waals surface area contributed by atoms with Gasteiger partial charge in [-0.3, -0.25) is 0 Å². The van der Waals surface area contributed by atoms with Gasteiger partial charge < -0.3 is 9.57 Å². The summed E-state index contributed by atoms with van der Waals surface area (Å²) in [6, 6.07) is 22.7. The zero-order valence-electron chi connectivity index (χ0n) is 19.1. The van der Waals surface area contributed by atoms with Gasteiger partial charge >= 0.3 is 5.97 Å². The number of fused-ring (bicyclic) bond motifs is 1. The van der Waals surface area contributed by atoms with Crippen molar-refractivity contribution in [3.63, 3.8) is 0 Å². The molecule has 4 rings (SSSR count). The lowest BCUT2D eigenvalue weighted by molar-refractivity contribution is -0.180. The Morgan fingerprint density at radius 2 is 1.66 bits per heavy atom. The van der Waals surface area contributed by atoms with Crippen molar-refractivity contribution in [3.8, 4) is 5.75 Å². The Kier molecular flexibility index (Phi) is 7.43. The minimum atomic E-state index is -0.241. The third-order valence-electron chi connectivity index (χ3n) is 6.35. The van der Waals surface area contributed by atoms with Crippen LogP contribution >= 0.6 is 0 Å². The summed E-state index contributed by atoms with van der Waals surface area (Å²) in [6.45, 7) is 0.512. The summed E-state index contributed by atoms with van der Waals surface area (Å²) in [5.74, 6) is 0.979. The SMILES string of the molecule is CN(C)OC(=O)C(CC1CCCCC1)c1ccc(OCc2ccc3ccccc3c2)cc1. The van der Waals surface area contributed by atoms with E-state index >= 15 is 0 Å². The second-order valence-electron chi connectivity index (χ2n) is 9.05. The van der Waals surface area contributed by atoms with Gasteiger partial charge in [0.1, 0.15) is 12.4 Å². The number of hydrogen-bond donors (Lipinski definition) is 0. The number of hydroxylamine groups is 2. The molecule has 1 unspecified atom stereocenters. The largest absolute Gasteiger partial charge is 0.489 e. The van der Waals surface area contributed by atoms with Gasteiger partial charge in [0.15, 0.2) is 0 Å². The van der Waals surface area contributed by atoms with E-state index in [-0.39, 0.29) is 11.9 Å². The van der Waals surface area contributed by atoms with Gasteiger partial charge in [0.25, 0.3) is 0 Å². The summed E-state index contributed by atoms with van der Waals surface area (Å²) >= 11 is 0. The molecule has 168 valence electrons. The smallest absolute Gasteiger partial charge is 0.332 e. The number of carbonyl (C=O) groups excluding carboxylic acids is 1. The van der Waals surface area contributed by atoms with Crippen molar-refractivity contribution in [2.24, 2.45) is 5.92 Å². The van der Waals surface area contributed by atoms with E-state index in [9.17, 15) is 4.79 Å². The molecule has 3 aromatic rings. The predicted molar refractivity (Wildman–Crippen MR) is 128 cm³/mol. The summed E-state index contributed by atoms with van der Waals surface area (Å²) in [5, 5.41) is 3.93. The number of rotatable bonds is 8. The van der Waals surface area contributed by atoms with Crippen molar-refractivity contribution in [3.05, 3.63) is 77.9 Å². The van der Waals surface area contributed by atoms with E-state index in [1.54, 1.807) is 14.1 Å². The highest BCUT2D eigenvalue weighted by molar-refractivity contribution is 5.83. The van der Waals surface area contributed by atoms with Crippen LogP contribution < -0.4 is 4.74 Å². The molecule has 0 amide bonds. The maximum Gasteiger partial charge on any atom is 0.332 e. The minimum Gasteiger partial charge on any atom is -0.489 e. The fraction of sp³-hybridized carbons (Fsp3) is 0.393. The van der Waals surface area contributed by atoms with Crippen LogP contribution in [0.15, 0.2) is 66.7 Å². The molecule has 0 saturated heterocycles. The second-order valence-corrected chi connectivity index (χ2v) is 9.05. The van der Waals surface area contributed by atoms with Crippen molar-refractivity contribution in [1.29, 1.82) is 0 Å². The molecule has 1 saturated carbocycles. The monoisotopic (exact) mass is 431 g/mol. The molecule has 1 fully saturated rings. The van der Waals surface area contributed by atoms with Gasteiger partial charge in [-0.15, -0.1) is 5.06 Å². The molecular weight excluding hydrogens is 398 g/mol. The molecule has 32 heavy (non-hydrogen) atoms. The number of ether oxygens (including phenoxy) is 1. The Morgan fingerprint density at radius 3 is 2.38 bits per heavy atom. The molecule has 0 aromatic heterocycles. The molecule has 0 aliphatic heterocycles. The van der Waals surface area contributed by atoms with Crippen molar-refractivity contribution in [1.82, 2.24) is 5.06 Å². The number of carbonyl (C=O) groups is 1. The molecule has 0 radical (unpaired) electrons. The van der Waals surface area contributed by atoms with Crippen LogP contribution in [0.1, 0.15) is 55.6 Å². The van der Waals surface area contributed by atoms with Crippen LogP contribution in [-0.4, -0.2) is 25.1 Å². The van der Waals surface area contributed by atoms with Crippen LogP contribution in [-0.2, 0) is 16.2 Å². The standard InChI is InChI=1S/C28H33NO3/c1-29(2)32-28(30)27(19-21-8-4-3-5-9-21)24-14-16-26(17-15-24)31-20-22-12-13-23-10-6-7-11-25(23)18-22/h6-7,10-18,21,27H,3-5,8-9,19-20H2,1-2H3. The van der Waals surface area contributed by atoms with Crippen LogP contribution in [0.3, 0.4) is 0 Å². The van der Waals surface area contributed by atoms with E-state index in [0.717, 1.165) is 23.3 Å². The maximum absolute atomic E-state index is 12.8. The molecule has 0 N–H and O–H groups in total. The summed E-state index contributed by atoms with van der Waals surface area (Å²) in [6.07, 6.45) is 7.11. The van der Waals surface area contributed by atoms with Gasteiger partial charge in [-0.2, -0.15) is 0 Å². The van der Waals surface area contributed by atoms with Crippen LogP contribution in [0.4, 0.5) is 0 Å². The Labute approximate surface area is 191 Å². The van der Waals surface area contributed by atoms with E-state index in [1.807, 2.05) is 24.3 Å². The van der Waals surface area contributed by atoms with Crippen molar-refractivity contribution in [2.45, 2.75) is 51.0 Å². The first kappa shape index (κ1) is 22.3. The summed E-state index contributed by atoms with van der Waals surface area (Å²) in [4.78, 5) is 18.3. The van der Waals surface area contributed by atoms with Crippen LogP contribution in [0, 0.1) is 5.92 Å². The van der Waals surface area contributed by atoms with Gasteiger partial charge in [-0.1, -0.05) is 80.6 Å². The van der Waals surface area contributed by atoms with E-state index in [2.05, 4.69) is 42.5 Å². The van der Waals surface area contributed by atoms with E-state index in [1.165, 1.54) is 47.9 Å². The average molecular weight is 432 g/mol. The van der Waals surface area contributed by atoms with Gasteiger partial charge in [0.05, 0.1) is 5.92 Å². The fourth-order valence-corrected chi connectivity index (χ4v) is 4.66. The normalized spacial score (nSPS) is 15.6. The second kappa shape index (κ2) is 10.6. The average Bonchev–Trinajstić information content (AvgIpc) is 2.82. The third kappa shape index (κ3) is 5.89. The van der Waals surface area contributed by atoms with Crippen molar-refractivity contribution >= 4 is 16.7 Å². The van der Waals surface area contributed by atoms with Gasteiger partial charge in [-0.25, -0.2) is 4.79 Å². The molecule has 1 aliphatic carbocycles. The molecule has 0 heterocycles. The summed E-state index contributed by atoms with van der Waals surface area (Å²) < 4.78 is 6.03. The first-order valence-electron chi connectivity index (χ1n) is 11.7. The molecular formula is C28H33NO3. The lowest BCUT2D eigenvalue weighted by Crippen LogP contribution is -2.26. The third-order valence-corrected chi connectivity index (χ3v) is 6.35. The Morgan fingerprint density at radius 1 is 0.938 bits per heavy atom. The lowest BCUT2D eigenvalue weighted by Gasteiger charge is -2.26. The molecule has 4 heteroatoms. The predicted octanol–water partition coefficient (Wildman–Crippen LogP) is 6.49. The van der Waals surface area contributed by atoms with Crippen LogP contribution in [0.25, 0.3) is 10.8 Å². The molecule has 1 atom stereocenters. The van der Waals surface area contributed by atoms with Gasteiger partial charge in [0, 0.05) is 14.1 Å². The quantitative estimate of drug-likeness (QED) is 0.382. The van der Waals surface area contributed by atoms with E-state index in [4.69, 9.17) is 9.57 Å². The zero-order chi connectivity index (χ0) is 22.3. The summed E-state index contributed by atoms with van der Waals surface area (Å²) in [5.41, 5.74) is 2.14. The van der Waals surface area contributed by atoms with Crippen LogP contribution in [0.5, 0.6) is 5.75 Å². The summed E-state index contributed by atoms with van der Waals surface area (Å²) in [7, 11) is 3.50. The Hall–Kier alpha value is -2.85. The molecule has 1 aliphatic rings. The first-order chi connectivity index (χ1) is 15.6.